The highest BCUT2D eigenvalue weighted by molar-refractivity contribution is 7.87. The number of cyclic esters (lactones) is 2. The number of rotatable bonds is 14. The lowest BCUT2D eigenvalue weighted by Crippen LogP contribution is -2.38. The van der Waals surface area contributed by atoms with Gasteiger partial charge in [-0.05, 0) is 72.5 Å². The van der Waals surface area contributed by atoms with Gasteiger partial charge in [-0.2, -0.15) is 21.6 Å². The van der Waals surface area contributed by atoms with Gasteiger partial charge in [-0.25, -0.2) is 25.0 Å². The van der Waals surface area contributed by atoms with Crippen LogP contribution in [-0.2, 0) is 29.9 Å². The van der Waals surface area contributed by atoms with Crippen LogP contribution in [0.2, 0.25) is 20.1 Å². The summed E-state index contributed by atoms with van der Waals surface area (Å²) in [6, 6.07) is 17.2. The Labute approximate surface area is 397 Å². The molecule has 25 heteroatoms. The van der Waals surface area contributed by atoms with Gasteiger partial charge in [0.25, 0.3) is 20.4 Å². The molecule has 2 atom stereocenters. The van der Waals surface area contributed by atoms with E-state index in [0.29, 0.717) is 35.2 Å². The Morgan fingerprint density at radius 1 is 0.662 bits per heavy atom. The van der Waals surface area contributed by atoms with E-state index >= 15 is 0 Å². The van der Waals surface area contributed by atoms with E-state index in [1.165, 1.54) is 21.9 Å². The Hall–Kier alpha value is -4.52. The SMILES string of the molecule is COc1ccc(Oc2c(Cl)cc(N3CC(CN)OC3=O)cc2Cl)cc1C(C)C.COc1ccc(Oc2c(Cl)cc(N3CC(CNS(N)(=O)=O)OC3=O)cc2Cl)cc1C(C)C.NS(N)(=O)=O. The van der Waals surface area contributed by atoms with Crippen molar-refractivity contribution in [3.63, 3.8) is 0 Å². The number of nitrogens with zero attached hydrogens (tertiary/aromatic N) is 2. The summed E-state index contributed by atoms with van der Waals surface area (Å²) in [5.74, 6) is 3.66. The smallest absolute Gasteiger partial charge is 0.414 e. The molecule has 9 N–H and O–H groups in total. The molecule has 2 aliphatic rings. The van der Waals surface area contributed by atoms with Gasteiger partial charge in [0, 0.05) is 17.7 Å². The summed E-state index contributed by atoms with van der Waals surface area (Å²) in [5, 5.41) is 14.1. The van der Waals surface area contributed by atoms with Crippen LogP contribution >= 0.6 is 46.4 Å². The minimum absolute atomic E-state index is 0.0877. The Bertz CT molecular complexity index is 2540. The maximum Gasteiger partial charge on any atom is 0.414 e. The molecule has 2 amide bonds. The third-order valence-corrected chi connectivity index (χ3v) is 10.9. The monoisotopic (exact) mass is 1020 g/mol. The molecule has 2 aliphatic heterocycles. The van der Waals surface area contributed by atoms with Gasteiger partial charge in [0.15, 0.2) is 11.5 Å². The lowest BCUT2D eigenvalue weighted by molar-refractivity contribution is 0.143. The van der Waals surface area contributed by atoms with Crippen molar-refractivity contribution < 1.29 is 54.8 Å². The van der Waals surface area contributed by atoms with Crippen molar-refractivity contribution in [1.82, 2.24) is 4.72 Å². The fourth-order valence-corrected chi connectivity index (χ4v) is 7.72. The number of methoxy groups -OCH3 is 2. The minimum atomic E-state index is -3.90. The molecule has 0 spiro atoms. The predicted octanol–water partition coefficient (Wildman–Crippen LogP) is 7.39. The molecule has 4 aromatic carbocycles. The standard InChI is InChI=1S/C20H23Cl2N3O6S.C20H22Cl2N2O4.H4N2O2S/c1-11(2)15-8-13(4-5-18(15)29-3)30-19-16(21)6-12(7-17(19)22)25-10-14(31-20(25)26)9-24-32(23,27)28;1-11(2)15-8-13(4-5-18(15)26-3)27-19-16(21)6-12(7-17(19)22)24-10-14(9-23)28-20(24)25;1-5(2,3)4/h4-8,11,14,24H,9-10H2,1-3H3,(H2,23,27,28);4-8,11,14H,9-10,23H2,1-3H3;(H4,1,2,3,4). The molecule has 65 heavy (non-hydrogen) atoms. The van der Waals surface area contributed by atoms with Crippen molar-refractivity contribution in [2.75, 3.05) is 50.2 Å². The van der Waals surface area contributed by atoms with E-state index in [0.717, 1.165) is 22.6 Å². The second kappa shape index (κ2) is 22.8. The molecule has 0 radical (unpaired) electrons. The molecule has 2 unspecified atom stereocenters. The fraction of sp³-hybridized carbons (Fsp3) is 0.350. The average molecular weight is 1030 g/mol. The lowest BCUT2D eigenvalue weighted by atomic mass is 10.0. The zero-order valence-electron chi connectivity index (χ0n) is 35.8. The highest BCUT2D eigenvalue weighted by atomic mass is 35.5. The van der Waals surface area contributed by atoms with Crippen molar-refractivity contribution in [1.29, 1.82) is 0 Å². The predicted molar refractivity (Wildman–Crippen MR) is 250 cm³/mol. The highest BCUT2D eigenvalue weighted by Gasteiger charge is 2.34. The number of carbonyl (C=O) groups excluding carboxylic acids is 2. The van der Waals surface area contributed by atoms with Gasteiger partial charge in [-0.3, -0.25) is 9.80 Å². The molecule has 0 bridgehead atoms. The van der Waals surface area contributed by atoms with Crippen LogP contribution in [0.3, 0.4) is 0 Å². The normalized spacial score (nSPS) is 16.1. The number of halogens is 4. The second-order valence-electron chi connectivity index (χ2n) is 14.7. The molecule has 0 aromatic heterocycles. The van der Waals surface area contributed by atoms with E-state index in [4.69, 9.17) is 85.7 Å². The molecule has 2 fully saturated rings. The van der Waals surface area contributed by atoms with Crippen LogP contribution in [0.5, 0.6) is 34.5 Å². The lowest BCUT2D eigenvalue weighted by Gasteiger charge is -2.18. The molecule has 2 heterocycles. The molecule has 356 valence electrons. The highest BCUT2D eigenvalue weighted by Crippen LogP contribution is 2.43. The summed E-state index contributed by atoms with van der Waals surface area (Å²) >= 11 is 25.6. The third kappa shape index (κ3) is 15.3. The molecule has 2 saturated heterocycles. The first kappa shape index (κ1) is 53.1. The number of anilines is 2. The first-order valence-corrected chi connectivity index (χ1v) is 23.9. The molecule has 19 nitrogen and oxygen atoms in total. The topological polar surface area (TPSA) is 280 Å². The summed E-state index contributed by atoms with van der Waals surface area (Å²) in [5.41, 5.74) is 8.46. The summed E-state index contributed by atoms with van der Waals surface area (Å²) < 4.78 is 75.6. The van der Waals surface area contributed by atoms with Gasteiger partial charge in [-0.15, -0.1) is 0 Å². The number of benzene rings is 4. The van der Waals surface area contributed by atoms with Crippen LogP contribution < -0.4 is 54.6 Å². The van der Waals surface area contributed by atoms with E-state index in [2.05, 4.69) is 28.8 Å². The van der Waals surface area contributed by atoms with Crippen LogP contribution in [-0.4, -0.2) is 81.6 Å². The Balaban J connectivity index is 0.000000259. The number of amides is 2. The van der Waals surface area contributed by atoms with Crippen molar-refractivity contribution in [2.45, 2.75) is 51.7 Å². The summed E-state index contributed by atoms with van der Waals surface area (Å²) in [4.78, 5) is 27.0. The number of nitrogens with one attached hydrogen (secondary N) is 1. The molecule has 0 aliphatic carbocycles. The number of nitrogens with two attached hydrogens (primary N) is 4. The van der Waals surface area contributed by atoms with E-state index in [9.17, 15) is 26.4 Å². The van der Waals surface area contributed by atoms with Gasteiger partial charge in [-0.1, -0.05) is 74.1 Å². The summed E-state index contributed by atoms with van der Waals surface area (Å²) in [6.45, 7) is 8.75. The van der Waals surface area contributed by atoms with Crippen LogP contribution in [0.4, 0.5) is 21.0 Å². The van der Waals surface area contributed by atoms with Crippen LogP contribution in [0.15, 0.2) is 60.7 Å². The van der Waals surface area contributed by atoms with E-state index < -0.39 is 38.7 Å². The second-order valence-corrected chi connectivity index (χ2v) is 18.9. The summed E-state index contributed by atoms with van der Waals surface area (Å²) in [7, 11) is -4.33. The summed E-state index contributed by atoms with van der Waals surface area (Å²) in [6.07, 6.45) is -2.21. The largest absolute Gasteiger partial charge is 0.496 e. The number of ether oxygens (including phenoxy) is 6. The van der Waals surface area contributed by atoms with Gasteiger partial charge in [0.2, 0.25) is 0 Å². The average Bonchev–Trinajstić information content (AvgIpc) is 3.80. The number of hydrogen-bond donors (Lipinski definition) is 5. The number of hydrogen-bond acceptors (Lipinski definition) is 13. The van der Waals surface area contributed by atoms with E-state index in [-0.39, 0.29) is 63.4 Å². The maximum atomic E-state index is 12.2. The van der Waals surface area contributed by atoms with Crippen LogP contribution in [0.1, 0.15) is 50.7 Å². The molecule has 4 aromatic rings. The zero-order valence-corrected chi connectivity index (χ0v) is 40.5. The van der Waals surface area contributed by atoms with Crippen molar-refractivity contribution in [2.24, 2.45) is 21.2 Å². The third-order valence-electron chi connectivity index (χ3n) is 9.20. The van der Waals surface area contributed by atoms with Crippen LogP contribution in [0.25, 0.3) is 0 Å². The van der Waals surface area contributed by atoms with Crippen molar-refractivity contribution >= 4 is 90.4 Å². The quantitative estimate of drug-likeness (QED) is 0.0825. The molecular formula is C40H49Cl4N7O12S2. The van der Waals surface area contributed by atoms with Crippen molar-refractivity contribution in [3.05, 3.63) is 91.9 Å². The van der Waals surface area contributed by atoms with Crippen LogP contribution in [0, 0.1) is 0 Å². The fourth-order valence-electron chi connectivity index (χ4n) is 6.19. The minimum Gasteiger partial charge on any atom is -0.496 e. The number of carbonyl (C=O) groups is 2. The first-order valence-electron chi connectivity index (χ1n) is 19.3. The Morgan fingerprint density at radius 2 is 1.02 bits per heavy atom. The first-order chi connectivity index (χ1) is 30.3. The van der Waals surface area contributed by atoms with Crippen molar-refractivity contribution in [3.8, 4) is 34.5 Å². The molecular weight excluding hydrogens is 976 g/mol. The Kier molecular flexibility index (Phi) is 18.6. The molecule has 6 rings (SSSR count). The van der Waals surface area contributed by atoms with Gasteiger partial charge < -0.3 is 34.2 Å². The molecule has 0 saturated carbocycles. The maximum absolute atomic E-state index is 12.2. The zero-order chi connectivity index (χ0) is 48.6. The van der Waals surface area contributed by atoms with E-state index in [1.807, 2.05) is 32.0 Å². The Morgan fingerprint density at radius 3 is 1.32 bits per heavy atom. The van der Waals surface area contributed by atoms with Gasteiger partial charge >= 0.3 is 12.2 Å². The van der Waals surface area contributed by atoms with Gasteiger partial charge in [0.05, 0.1) is 65.3 Å². The van der Waals surface area contributed by atoms with E-state index in [1.54, 1.807) is 44.6 Å². The van der Waals surface area contributed by atoms with Gasteiger partial charge in [0.1, 0.15) is 35.2 Å².